The molecule has 1 saturated heterocycles. The topological polar surface area (TPSA) is 88.3 Å². The van der Waals surface area contributed by atoms with Gasteiger partial charge >= 0.3 is 0 Å². The van der Waals surface area contributed by atoms with Crippen LogP contribution in [0.4, 0.5) is 5.69 Å². The van der Waals surface area contributed by atoms with Gasteiger partial charge in [-0.1, -0.05) is 17.3 Å². The molecule has 2 heterocycles. The van der Waals surface area contributed by atoms with Crippen LogP contribution in [0.15, 0.2) is 28.8 Å². The summed E-state index contributed by atoms with van der Waals surface area (Å²) in [5.74, 6) is 0.839. The monoisotopic (exact) mass is 342 g/mol. The lowest BCUT2D eigenvalue weighted by molar-refractivity contribution is -0.130. The lowest BCUT2D eigenvalue weighted by Crippen LogP contribution is -2.27. The van der Waals surface area contributed by atoms with Gasteiger partial charge in [-0.2, -0.15) is 4.98 Å². The van der Waals surface area contributed by atoms with E-state index in [0.29, 0.717) is 30.2 Å². The van der Waals surface area contributed by atoms with Crippen molar-refractivity contribution in [2.45, 2.75) is 39.0 Å². The number of anilines is 1. The number of rotatable bonds is 6. The van der Waals surface area contributed by atoms with E-state index in [1.165, 1.54) is 0 Å². The highest BCUT2D eigenvalue weighted by molar-refractivity contribution is 5.91. The Hall–Kier alpha value is -2.70. The van der Waals surface area contributed by atoms with Crippen LogP contribution in [-0.2, 0) is 22.4 Å². The SMILES string of the molecule is Cc1nc(CC(=O)Nc2ccc(CCC(=O)N3CCCC3)cc2)no1. The number of benzene rings is 1. The number of aryl methyl sites for hydroxylation is 2. The van der Waals surface area contributed by atoms with Crippen LogP contribution in [-0.4, -0.2) is 39.9 Å². The Morgan fingerprint density at radius 3 is 2.56 bits per heavy atom. The quantitative estimate of drug-likeness (QED) is 0.868. The van der Waals surface area contributed by atoms with E-state index >= 15 is 0 Å². The van der Waals surface area contributed by atoms with Crippen LogP contribution in [0, 0.1) is 6.92 Å². The minimum absolute atomic E-state index is 0.0728. The van der Waals surface area contributed by atoms with Gasteiger partial charge in [-0.25, -0.2) is 0 Å². The van der Waals surface area contributed by atoms with Gasteiger partial charge in [0.15, 0.2) is 5.82 Å². The molecule has 2 amide bonds. The average molecular weight is 342 g/mol. The summed E-state index contributed by atoms with van der Waals surface area (Å²) in [6, 6.07) is 7.56. The first-order chi connectivity index (χ1) is 12.1. The van der Waals surface area contributed by atoms with Crippen molar-refractivity contribution in [3.05, 3.63) is 41.5 Å². The molecule has 2 aromatic rings. The Kier molecular flexibility index (Phi) is 5.42. The number of carbonyl (C=O) groups excluding carboxylic acids is 2. The molecule has 0 atom stereocenters. The fourth-order valence-electron chi connectivity index (χ4n) is 2.89. The molecule has 3 rings (SSSR count). The van der Waals surface area contributed by atoms with Gasteiger partial charge in [-0.05, 0) is 37.0 Å². The second kappa shape index (κ2) is 7.92. The largest absolute Gasteiger partial charge is 0.343 e. The highest BCUT2D eigenvalue weighted by Gasteiger charge is 2.17. The molecule has 0 bridgehead atoms. The Morgan fingerprint density at radius 1 is 1.20 bits per heavy atom. The van der Waals surface area contributed by atoms with E-state index in [9.17, 15) is 9.59 Å². The predicted molar refractivity (Wildman–Crippen MR) is 91.9 cm³/mol. The van der Waals surface area contributed by atoms with Crippen LogP contribution < -0.4 is 5.32 Å². The molecule has 7 heteroatoms. The van der Waals surface area contributed by atoms with Gasteiger partial charge in [-0.15, -0.1) is 0 Å². The van der Waals surface area contributed by atoms with Gasteiger partial charge in [0.1, 0.15) is 0 Å². The summed E-state index contributed by atoms with van der Waals surface area (Å²) in [4.78, 5) is 30.0. The third kappa shape index (κ3) is 4.89. The molecule has 0 aliphatic carbocycles. The minimum atomic E-state index is -0.197. The summed E-state index contributed by atoms with van der Waals surface area (Å²) in [6.07, 6.45) is 3.55. The average Bonchev–Trinajstić information content (AvgIpc) is 3.26. The number of likely N-dealkylation sites (tertiary alicyclic amines) is 1. The van der Waals surface area contributed by atoms with Crippen molar-refractivity contribution in [2.24, 2.45) is 0 Å². The zero-order valence-electron chi connectivity index (χ0n) is 14.3. The predicted octanol–water partition coefficient (Wildman–Crippen LogP) is 2.11. The molecule has 132 valence electrons. The molecule has 1 aromatic carbocycles. The van der Waals surface area contributed by atoms with Crippen LogP contribution in [0.1, 0.15) is 36.5 Å². The van der Waals surface area contributed by atoms with Crippen LogP contribution in [0.2, 0.25) is 0 Å². The third-order valence-corrected chi connectivity index (χ3v) is 4.21. The van der Waals surface area contributed by atoms with Crippen molar-refractivity contribution in [2.75, 3.05) is 18.4 Å². The maximum Gasteiger partial charge on any atom is 0.232 e. The number of aromatic nitrogens is 2. The highest BCUT2D eigenvalue weighted by Crippen LogP contribution is 2.14. The van der Waals surface area contributed by atoms with E-state index in [1.54, 1.807) is 6.92 Å². The first-order valence-electron chi connectivity index (χ1n) is 8.56. The summed E-state index contributed by atoms with van der Waals surface area (Å²) < 4.78 is 4.84. The normalized spacial score (nSPS) is 13.9. The minimum Gasteiger partial charge on any atom is -0.343 e. The number of hydrogen-bond acceptors (Lipinski definition) is 5. The third-order valence-electron chi connectivity index (χ3n) is 4.21. The van der Waals surface area contributed by atoms with Gasteiger partial charge in [-0.3, -0.25) is 9.59 Å². The summed E-state index contributed by atoms with van der Waals surface area (Å²) in [6.45, 7) is 3.47. The van der Waals surface area contributed by atoms with Crippen molar-refractivity contribution < 1.29 is 14.1 Å². The summed E-state index contributed by atoms with van der Waals surface area (Å²) in [7, 11) is 0. The standard InChI is InChI=1S/C18H22N4O3/c1-13-19-16(21-25-13)12-17(23)20-15-7-4-14(5-8-15)6-9-18(24)22-10-2-3-11-22/h4-5,7-8H,2-3,6,9-12H2,1H3,(H,20,23). The molecule has 1 aliphatic rings. The lowest BCUT2D eigenvalue weighted by atomic mass is 10.1. The van der Waals surface area contributed by atoms with Gasteiger partial charge in [0, 0.05) is 32.1 Å². The maximum absolute atomic E-state index is 12.1. The van der Waals surface area contributed by atoms with E-state index in [-0.39, 0.29) is 18.2 Å². The molecule has 1 N–H and O–H groups in total. The van der Waals surface area contributed by atoms with Gasteiger partial charge in [0.05, 0.1) is 6.42 Å². The lowest BCUT2D eigenvalue weighted by Gasteiger charge is -2.15. The van der Waals surface area contributed by atoms with Crippen LogP contribution in [0.5, 0.6) is 0 Å². The van der Waals surface area contributed by atoms with Crippen LogP contribution in [0.25, 0.3) is 0 Å². The maximum atomic E-state index is 12.1. The second-order valence-electron chi connectivity index (χ2n) is 6.24. The van der Waals surface area contributed by atoms with E-state index in [0.717, 1.165) is 31.5 Å². The fourth-order valence-corrected chi connectivity index (χ4v) is 2.89. The summed E-state index contributed by atoms with van der Waals surface area (Å²) in [5.41, 5.74) is 1.79. The van der Waals surface area contributed by atoms with Crippen LogP contribution in [0.3, 0.4) is 0 Å². The molecular formula is C18H22N4O3. The van der Waals surface area contributed by atoms with E-state index in [1.807, 2.05) is 29.2 Å². The fraction of sp³-hybridized carbons (Fsp3) is 0.444. The number of hydrogen-bond donors (Lipinski definition) is 1. The van der Waals surface area contributed by atoms with E-state index < -0.39 is 0 Å². The van der Waals surface area contributed by atoms with E-state index in [4.69, 9.17) is 4.52 Å². The molecule has 25 heavy (non-hydrogen) atoms. The zero-order chi connectivity index (χ0) is 17.6. The Labute approximate surface area is 146 Å². The molecule has 1 aliphatic heterocycles. The number of nitrogens with zero attached hydrogens (tertiary/aromatic N) is 3. The molecule has 1 aromatic heterocycles. The number of amides is 2. The smallest absolute Gasteiger partial charge is 0.232 e. The summed E-state index contributed by atoms with van der Waals surface area (Å²) >= 11 is 0. The molecule has 0 unspecified atom stereocenters. The van der Waals surface area contributed by atoms with Crippen molar-refractivity contribution in [3.63, 3.8) is 0 Å². The molecular weight excluding hydrogens is 320 g/mol. The second-order valence-corrected chi connectivity index (χ2v) is 6.24. The molecule has 0 spiro atoms. The Morgan fingerprint density at radius 2 is 1.92 bits per heavy atom. The molecule has 0 saturated carbocycles. The zero-order valence-corrected chi connectivity index (χ0v) is 14.3. The van der Waals surface area contributed by atoms with Crippen molar-refractivity contribution >= 4 is 17.5 Å². The number of nitrogens with one attached hydrogen (secondary N) is 1. The van der Waals surface area contributed by atoms with Crippen molar-refractivity contribution in [1.82, 2.24) is 15.0 Å². The van der Waals surface area contributed by atoms with Gasteiger partial charge < -0.3 is 14.7 Å². The van der Waals surface area contributed by atoms with Gasteiger partial charge in [0.2, 0.25) is 17.7 Å². The van der Waals surface area contributed by atoms with Crippen LogP contribution >= 0.6 is 0 Å². The van der Waals surface area contributed by atoms with Crippen molar-refractivity contribution in [3.8, 4) is 0 Å². The molecule has 7 nitrogen and oxygen atoms in total. The van der Waals surface area contributed by atoms with E-state index in [2.05, 4.69) is 15.5 Å². The molecule has 0 radical (unpaired) electrons. The van der Waals surface area contributed by atoms with Crippen molar-refractivity contribution in [1.29, 1.82) is 0 Å². The first-order valence-corrected chi connectivity index (χ1v) is 8.56. The Bertz CT molecular complexity index is 733. The Balaban J connectivity index is 1.46. The number of carbonyl (C=O) groups is 2. The molecule has 1 fully saturated rings. The summed E-state index contributed by atoms with van der Waals surface area (Å²) in [5, 5.41) is 6.50. The first kappa shape index (κ1) is 17.1. The van der Waals surface area contributed by atoms with Gasteiger partial charge in [0.25, 0.3) is 0 Å². The highest BCUT2D eigenvalue weighted by atomic mass is 16.5.